The van der Waals surface area contributed by atoms with Crippen LogP contribution in [0.25, 0.3) is 11.4 Å². The van der Waals surface area contributed by atoms with E-state index in [4.69, 9.17) is 19.8 Å². The van der Waals surface area contributed by atoms with Crippen LogP contribution in [-0.2, 0) is 29.1 Å². The maximum atomic E-state index is 11.1. The van der Waals surface area contributed by atoms with Gasteiger partial charge in [-0.1, -0.05) is 12.1 Å². The fourth-order valence-corrected chi connectivity index (χ4v) is 5.12. The van der Waals surface area contributed by atoms with Crippen molar-refractivity contribution in [1.82, 2.24) is 9.97 Å². The van der Waals surface area contributed by atoms with E-state index in [-0.39, 0.29) is 6.42 Å². The first-order valence-corrected chi connectivity index (χ1v) is 11.0. The van der Waals surface area contributed by atoms with Gasteiger partial charge in [0.2, 0.25) is 0 Å². The van der Waals surface area contributed by atoms with E-state index in [1.54, 1.807) is 7.11 Å². The zero-order valence-corrected chi connectivity index (χ0v) is 17.4. The van der Waals surface area contributed by atoms with E-state index in [0.717, 1.165) is 64.4 Å². The number of hydrogen-bond acceptors (Lipinski definition) is 6. The number of aromatic nitrogens is 2. The van der Waals surface area contributed by atoms with E-state index >= 15 is 0 Å². The minimum atomic E-state index is -0.806. The Labute approximate surface area is 178 Å². The zero-order valence-electron chi connectivity index (χ0n) is 16.6. The van der Waals surface area contributed by atoms with Crippen LogP contribution in [0.2, 0.25) is 0 Å². The SMILES string of the molecule is COc1ccc(-c2nc3c(c(N4CCc5cc(CC(=O)O)ccc54)n2)CSC3)cc1. The molecule has 30 heavy (non-hydrogen) atoms. The molecule has 2 aromatic carbocycles. The van der Waals surface area contributed by atoms with Crippen molar-refractivity contribution < 1.29 is 14.6 Å². The molecule has 0 spiro atoms. The molecule has 2 aliphatic heterocycles. The number of ether oxygens (including phenoxy) is 1. The molecule has 3 aromatic rings. The summed E-state index contributed by atoms with van der Waals surface area (Å²) in [6.07, 6.45) is 0.932. The second kappa shape index (κ2) is 7.65. The number of thioether (sulfide) groups is 1. The van der Waals surface area contributed by atoms with Gasteiger partial charge < -0.3 is 14.7 Å². The van der Waals surface area contributed by atoms with Gasteiger partial charge in [-0.15, -0.1) is 0 Å². The molecule has 0 saturated heterocycles. The van der Waals surface area contributed by atoms with Crippen molar-refractivity contribution in [3.8, 4) is 17.1 Å². The molecule has 5 rings (SSSR count). The van der Waals surface area contributed by atoms with E-state index in [1.807, 2.05) is 54.2 Å². The summed E-state index contributed by atoms with van der Waals surface area (Å²) in [5, 5.41) is 9.09. The molecule has 0 radical (unpaired) electrons. The van der Waals surface area contributed by atoms with Crippen molar-refractivity contribution >= 4 is 29.2 Å². The van der Waals surface area contributed by atoms with Crippen LogP contribution in [0.4, 0.5) is 11.5 Å². The standard InChI is InChI=1S/C23H21N3O3S/c1-29-17-5-3-15(4-6-17)22-24-19-13-30-12-18(19)23(25-22)26-9-8-16-10-14(11-21(27)28)2-7-20(16)26/h2-7,10H,8-9,11-13H2,1H3,(H,27,28). The Balaban J connectivity index is 1.55. The van der Waals surface area contributed by atoms with Gasteiger partial charge in [0.25, 0.3) is 0 Å². The third kappa shape index (κ3) is 3.39. The molecule has 2 aliphatic rings. The van der Waals surface area contributed by atoms with Gasteiger partial charge in [-0.2, -0.15) is 11.8 Å². The topological polar surface area (TPSA) is 75.5 Å². The molecule has 1 aromatic heterocycles. The van der Waals surface area contributed by atoms with Gasteiger partial charge in [0, 0.05) is 34.9 Å². The molecule has 0 aliphatic carbocycles. The minimum Gasteiger partial charge on any atom is -0.497 e. The molecular weight excluding hydrogens is 398 g/mol. The van der Waals surface area contributed by atoms with E-state index in [9.17, 15) is 4.79 Å². The monoisotopic (exact) mass is 419 g/mol. The lowest BCUT2D eigenvalue weighted by molar-refractivity contribution is -0.136. The lowest BCUT2D eigenvalue weighted by Gasteiger charge is -2.22. The summed E-state index contributed by atoms with van der Waals surface area (Å²) in [7, 11) is 1.66. The molecule has 6 nitrogen and oxygen atoms in total. The number of carboxylic acid groups (broad SMARTS) is 1. The quantitative estimate of drug-likeness (QED) is 0.663. The Hall–Kier alpha value is -3.06. The number of carboxylic acids is 1. The summed E-state index contributed by atoms with van der Waals surface area (Å²) in [4.78, 5) is 23.2. The molecule has 7 heteroatoms. The molecule has 0 atom stereocenters. The Morgan fingerprint density at radius 1 is 1.17 bits per heavy atom. The van der Waals surface area contributed by atoms with Gasteiger partial charge in [-0.05, 0) is 47.9 Å². The maximum Gasteiger partial charge on any atom is 0.307 e. The van der Waals surface area contributed by atoms with Crippen molar-refractivity contribution in [2.24, 2.45) is 0 Å². The highest BCUT2D eigenvalue weighted by molar-refractivity contribution is 7.98. The van der Waals surface area contributed by atoms with E-state index in [0.29, 0.717) is 0 Å². The van der Waals surface area contributed by atoms with Crippen LogP contribution in [0.1, 0.15) is 22.4 Å². The summed E-state index contributed by atoms with van der Waals surface area (Å²) in [5.41, 5.74) is 6.41. The fourth-order valence-electron chi connectivity index (χ4n) is 4.09. The molecule has 0 saturated carbocycles. The van der Waals surface area contributed by atoms with E-state index in [2.05, 4.69) is 4.90 Å². The molecule has 0 unspecified atom stereocenters. The second-order valence-corrected chi connectivity index (χ2v) is 8.44. The zero-order chi connectivity index (χ0) is 20.7. The number of nitrogens with zero attached hydrogens (tertiary/aromatic N) is 3. The van der Waals surface area contributed by atoms with Gasteiger partial charge in [0.05, 0.1) is 19.2 Å². The van der Waals surface area contributed by atoms with Gasteiger partial charge in [0.15, 0.2) is 5.82 Å². The van der Waals surface area contributed by atoms with Crippen molar-refractivity contribution in [1.29, 1.82) is 0 Å². The highest BCUT2D eigenvalue weighted by Crippen LogP contribution is 2.41. The van der Waals surface area contributed by atoms with Crippen molar-refractivity contribution in [3.05, 3.63) is 64.8 Å². The molecule has 0 fully saturated rings. The highest BCUT2D eigenvalue weighted by Gasteiger charge is 2.28. The molecule has 0 amide bonds. The van der Waals surface area contributed by atoms with Crippen LogP contribution in [0, 0.1) is 0 Å². The van der Waals surface area contributed by atoms with Gasteiger partial charge in [-0.3, -0.25) is 4.79 Å². The van der Waals surface area contributed by atoms with Gasteiger partial charge >= 0.3 is 5.97 Å². The number of rotatable bonds is 5. The normalized spacial score (nSPS) is 14.5. The Bertz CT molecular complexity index is 1130. The van der Waals surface area contributed by atoms with Crippen LogP contribution >= 0.6 is 11.8 Å². The number of anilines is 2. The Morgan fingerprint density at radius 2 is 2.00 bits per heavy atom. The molecule has 3 heterocycles. The molecule has 0 bridgehead atoms. The molecular formula is C23H21N3O3S. The van der Waals surface area contributed by atoms with E-state index < -0.39 is 5.97 Å². The Kier molecular flexibility index (Phi) is 4.83. The van der Waals surface area contributed by atoms with Gasteiger partial charge in [0.1, 0.15) is 11.6 Å². The number of fused-ring (bicyclic) bond motifs is 2. The summed E-state index contributed by atoms with van der Waals surface area (Å²) in [5.74, 6) is 3.51. The summed E-state index contributed by atoms with van der Waals surface area (Å²) < 4.78 is 5.27. The number of aliphatic carboxylic acids is 1. The first-order valence-electron chi connectivity index (χ1n) is 9.85. The fraction of sp³-hybridized carbons (Fsp3) is 0.261. The number of benzene rings is 2. The summed E-state index contributed by atoms with van der Waals surface area (Å²) in [6, 6.07) is 13.8. The van der Waals surface area contributed by atoms with Crippen LogP contribution in [0.5, 0.6) is 5.75 Å². The van der Waals surface area contributed by atoms with Crippen LogP contribution < -0.4 is 9.64 Å². The lowest BCUT2D eigenvalue weighted by Crippen LogP contribution is -2.18. The van der Waals surface area contributed by atoms with Crippen molar-refractivity contribution in [2.75, 3.05) is 18.6 Å². The molecule has 152 valence electrons. The van der Waals surface area contributed by atoms with Crippen LogP contribution in [0.15, 0.2) is 42.5 Å². The van der Waals surface area contributed by atoms with E-state index in [1.165, 1.54) is 11.1 Å². The number of carbonyl (C=O) groups is 1. The first-order chi connectivity index (χ1) is 14.6. The maximum absolute atomic E-state index is 11.1. The smallest absolute Gasteiger partial charge is 0.307 e. The predicted octanol–water partition coefficient (Wildman–Crippen LogP) is 4.22. The van der Waals surface area contributed by atoms with Crippen LogP contribution in [0.3, 0.4) is 0 Å². The largest absolute Gasteiger partial charge is 0.497 e. The number of methoxy groups -OCH3 is 1. The van der Waals surface area contributed by atoms with Crippen molar-refractivity contribution in [2.45, 2.75) is 24.3 Å². The average Bonchev–Trinajstić information content (AvgIpc) is 3.39. The van der Waals surface area contributed by atoms with Crippen LogP contribution in [-0.4, -0.2) is 34.7 Å². The van der Waals surface area contributed by atoms with Crippen molar-refractivity contribution in [3.63, 3.8) is 0 Å². The van der Waals surface area contributed by atoms with Gasteiger partial charge in [-0.25, -0.2) is 9.97 Å². The minimum absolute atomic E-state index is 0.0500. The Morgan fingerprint density at radius 3 is 2.77 bits per heavy atom. The average molecular weight is 420 g/mol. The first kappa shape index (κ1) is 18.9. The second-order valence-electron chi connectivity index (χ2n) is 7.45. The summed E-state index contributed by atoms with van der Waals surface area (Å²) >= 11 is 1.86. The third-order valence-electron chi connectivity index (χ3n) is 5.55. The molecule has 1 N–H and O–H groups in total. The summed E-state index contributed by atoms with van der Waals surface area (Å²) in [6.45, 7) is 0.835. The number of hydrogen-bond donors (Lipinski definition) is 1. The third-order valence-corrected chi connectivity index (χ3v) is 6.53. The predicted molar refractivity (Wildman–Crippen MR) is 118 cm³/mol. The lowest BCUT2D eigenvalue weighted by atomic mass is 10.1. The highest BCUT2D eigenvalue weighted by atomic mass is 32.2.